The first-order valence-corrected chi connectivity index (χ1v) is 11.0. The fourth-order valence-electron chi connectivity index (χ4n) is 4.27. The van der Waals surface area contributed by atoms with Gasteiger partial charge in [0.15, 0.2) is 0 Å². The zero-order valence-corrected chi connectivity index (χ0v) is 18.6. The zero-order valence-electron chi connectivity index (χ0n) is 17.8. The number of nitrogens with one attached hydrogen (secondary N) is 1. The molecule has 4 aromatic rings. The summed E-state index contributed by atoms with van der Waals surface area (Å²) in [4.78, 5) is 17.2. The van der Waals surface area contributed by atoms with Crippen molar-refractivity contribution in [2.45, 2.75) is 0 Å². The van der Waals surface area contributed by atoms with E-state index in [4.69, 9.17) is 20.8 Å². The van der Waals surface area contributed by atoms with Gasteiger partial charge in [-0.25, -0.2) is 0 Å². The van der Waals surface area contributed by atoms with Crippen LogP contribution < -0.4 is 15.0 Å². The first kappa shape index (κ1) is 20.7. The van der Waals surface area contributed by atoms with Crippen LogP contribution in [0, 0.1) is 0 Å². The number of carbonyl (C=O) groups excluding carboxylic acids is 1. The third kappa shape index (κ3) is 3.99. The number of nitrogens with zero attached hydrogens (tertiary/aromatic N) is 2. The number of anilines is 2. The Morgan fingerprint density at radius 1 is 1.00 bits per heavy atom. The number of methoxy groups -OCH3 is 1. The molecular formula is C25H24ClN3O3. The van der Waals surface area contributed by atoms with Crippen molar-refractivity contribution in [2.24, 2.45) is 0 Å². The Morgan fingerprint density at radius 3 is 2.53 bits per heavy atom. The van der Waals surface area contributed by atoms with Crippen molar-refractivity contribution in [1.29, 1.82) is 0 Å². The van der Waals surface area contributed by atoms with E-state index in [2.05, 4.69) is 15.1 Å². The van der Waals surface area contributed by atoms with Crippen LogP contribution in [0.25, 0.3) is 21.9 Å². The highest BCUT2D eigenvalue weighted by Gasteiger charge is 2.21. The van der Waals surface area contributed by atoms with Crippen LogP contribution in [0.2, 0.25) is 5.02 Å². The van der Waals surface area contributed by atoms with Crippen LogP contribution in [0.3, 0.4) is 0 Å². The van der Waals surface area contributed by atoms with E-state index in [0.717, 1.165) is 58.8 Å². The second-order valence-corrected chi connectivity index (χ2v) is 8.32. The van der Waals surface area contributed by atoms with E-state index in [9.17, 15) is 4.79 Å². The molecule has 0 spiro atoms. The molecule has 3 aromatic carbocycles. The van der Waals surface area contributed by atoms with E-state index in [1.54, 1.807) is 7.11 Å². The highest BCUT2D eigenvalue weighted by molar-refractivity contribution is 6.33. The number of hydrogen-bond acceptors (Lipinski definition) is 5. The summed E-state index contributed by atoms with van der Waals surface area (Å²) in [5, 5.41) is 5.74. The molecule has 0 radical (unpaired) electrons. The lowest BCUT2D eigenvalue weighted by Crippen LogP contribution is -2.48. The van der Waals surface area contributed by atoms with Crippen molar-refractivity contribution in [3.05, 3.63) is 65.7 Å². The first-order chi connectivity index (χ1) is 15.6. The average molecular weight is 450 g/mol. The predicted molar refractivity (Wildman–Crippen MR) is 129 cm³/mol. The molecule has 0 atom stereocenters. The minimum atomic E-state index is -0.0787. The molecule has 0 unspecified atom stereocenters. The minimum absolute atomic E-state index is 0.0787. The molecule has 164 valence electrons. The molecule has 1 N–H and O–H groups in total. The molecular weight excluding hydrogens is 426 g/mol. The largest absolute Gasteiger partial charge is 0.495 e. The summed E-state index contributed by atoms with van der Waals surface area (Å²) in [7, 11) is 1.60. The monoisotopic (exact) mass is 449 g/mol. The summed E-state index contributed by atoms with van der Waals surface area (Å²) in [6, 6.07) is 19.5. The summed E-state index contributed by atoms with van der Waals surface area (Å²) in [5.74, 6) is 0.533. The van der Waals surface area contributed by atoms with Gasteiger partial charge in [0.25, 0.3) is 0 Å². The van der Waals surface area contributed by atoms with Crippen molar-refractivity contribution in [3.8, 4) is 5.75 Å². The van der Waals surface area contributed by atoms with Gasteiger partial charge < -0.3 is 19.4 Å². The van der Waals surface area contributed by atoms with Crippen molar-refractivity contribution in [2.75, 3.05) is 50.1 Å². The third-order valence-corrected chi connectivity index (χ3v) is 6.23. The molecule has 1 aliphatic heterocycles. The van der Waals surface area contributed by atoms with Gasteiger partial charge in [0, 0.05) is 43.0 Å². The third-order valence-electron chi connectivity index (χ3n) is 5.91. The number of benzene rings is 3. The number of rotatable bonds is 5. The van der Waals surface area contributed by atoms with Crippen molar-refractivity contribution in [1.82, 2.24) is 4.90 Å². The van der Waals surface area contributed by atoms with E-state index < -0.39 is 0 Å². The van der Waals surface area contributed by atoms with E-state index >= 15 is 0 Å². The minimum Gasteiger partial charge on any atom is -0.495 e. The number of piperazine rings is 1. The number of ether oxygens (including phenoxy) is 1. The standard InChI is InChI=1S/C25H24ClN3O3/c1-31-24-14-18-17-6-2-5-9-22(17)32-23(18)15-20(24)27-25(30)16-28-10-12-29(13-11-28)21-8-4-3-7-19(21)26/h2-9,14-15H,10-13,16H2,1H3,(H,27,30). The van der Waals surface area contributed by atoms with Crippen LogP contribution in [0.1, 0.15) is 0 Å². The molecule has 0 saturated carbocycles. The van der Waals surface area contributed by atoms with E-state index in [-0.39, 0.29) is 5.91 Å². The molecule has 1 amide bonds. The summed E-state index contributed by atoms with van der Waals surface area (Å²) in [6.07, 6.45) is 0. The van der Waals surface area contributed by atoms with Gasteiger partial charge in [0.2, 0.25) is 5.91 Å². The number of halogens is 1. The van der Waals surface area contributed by atoms with Gasteiger partial charge in [0.05, 0.1) is 30.1 Å². The highest BCUT2D eigenvalue weighted by atomic mass is 35.5. The molecule has 0 bridgehead atoms. The van der Waals surface area contributed by atoms with Gasteiger partial charge in [-0.2, -0.15) is 0 Å². The lowest BCUT2D eigenvalue weighted by molar-refractivity contribution is -0.117. The van der Waals surface area contributed by atoms with E-state index in [0.29, 0.717) is 18.0 Å². The maximum Gasteiger partial charge on any atom is 0.238 e. The number of hydrogen-bond donors (Lipinski definition) is 1. The molecule has 6 nitrogen and oxygen atoms in total. The number of furan rings is 1. The lowest BCUT2D eigenvalue weighted by atomic mass is 10.1. The lowest BCUT2D eigenvalue weighted by Gasteiger charge is -2.36. The van der Waals surface area contributed by atoms with Gasteiger partial charge in [-0.15, -0.1) is 0 Å². The Bertz CT molecular complexity index is 1280. The van der Waals surface area contributed by atoms with E-state index in [1.807, 2.05) is 60.7 Å². The smallest absolute Gasteiger partial charge is 0.238 e. The quantitative estimate of drug-likeness (QED) is 0.464. The normalized spacial score (nSPS) is 14.8. The van der Waals surface area contributed by atoms with Gasteiger partial charge in [-0.1, -0.05) is 41.9 Å². The second kappa shape index (κ2) is 8.73. The van der Waals surface area contributed by atoms with E-state index in [1.165, 1.54) is 0 Å². The number of carbonyl (C=O) groups is 1. The van der Waals surface area contributed by atoms with Crippen LogP contribution in [0.4, 0.5) is 11.4 Å². The number of amides is 1. The summed E-state index contributed by atoms with van der Waals surface area (Å²) < 4.78 is 11.5. The second-order valence-electron chi connectivity index (χ2n) is 7.91. The molecule has 1 saturated heterocycles. The molecule has 7 heteroatoms. The van der Waals surface area contributed by atoms with Crippen molar-refractivity contribution < 1.29 is 13.9 Å². The van der Waals surface area contributed by atoms with Gasteiger partial charge in [-0.3, -0.25) is 9.69 Å². The zero-order chi connectivity index (χ0) is 22.1. The summed E-state index contributed by atoms with van der Waals surface area (Å²) in [6.45, 7) is 3.55. The topological polar surface area (TPSA) is 58.0 Å². The van der Waals surface area contributed by atoms with Crippen LogP contribution in [0.5, 0.6) is 5.75 Å². The number of fused-ring (bicyclic) bond motifs is 3. The average Bonchev–Trinajstić information content (AvgIpc) is 3.17. The predicted octanol–water partition coefficient (Wildman–Crippen LogP) is 5.01. The van der Waals surface area contributed by atoms with Crippen LogP contribution in [-0.2, 0) is 4.79 Å². The molecule has 0 aliphatic carbocycles. The Morgan fingerprint density at radius 2 is 1.75 bits per heavy atom. The molecule has 1 aromatic heterocycles. The summed E-state index contributed by atoms with van der Waals surface area (Å²) >= 11 is 6.33. The van der Waals surface area contributed by atoms with Gasteiger partial charge in [-0.05, 0) is 24.3 Å². The maximum absolute atomic E-state index is 12.8. The first-order valence-electron chi connectivity index (χ1n) is 10.6. The molecule has 32 heavy (non-hydrogen) atoms. The Hall–Kier alpha value is -3.22. The van der Waals surface area contributed by atoms with Crippen molar-refractivity contribution >= 4 is 50.8 Å². The van der Waals surface area contributed by atoms with Gasteiger partial charge in [0.1, 0.15) is 16.9 Å². The Kier molecular flexibility index (Phi) is 5.64. The molecule has 5 rings (SSSR count). The Balaban J connectivity index is 1.26. The fraction of sp³-hybridized carbons (Fsp3) is 0.240. The molecule has 2 heterocycles. The molecule has 1 aliphatic rings. The maximum atomic E-state index is 12.8. The summed E-state index contributed by atoms with van der Waals surface area (Å²) in [5.41, 5.74) is 3.18. The Labute approximate surface area is 191 Å². The van der Waals surface area contributed by atoms with Gasteiger partial charge >= 0.3 is 0 Å². The van der Waals surface area contributed by atoms with Crippen molar-refractivity contribution in [3.63, 3.8) is 0 Å². The molecule has 1 fully saturated rings. The SMILES string of the molecule is COc1cc2c(cc1NC(=O)CN1CCN(c3ccccc3Cl)CC1)oc1ccccc12. The van der Waals surface area contributed by atoms with Crippen LogP contribution >= 0.6 is 11.6 Å². The number of para-hydroxylation sites is 2. The highest BCUT2D eigenvalue weighted by Crippen LogP contribution is 2.36. The van der Waals surface area contributed by atoms with Crippen LogP contribution in [0.15, 0.2) is 65.1 Å². The fourth-order valence-corrected chi connectivity index (χ4v) is 4.52. The van der Waals surface area contributed by atoms with Crippen LogP contribution in [-0.4, -0.2) is 50.6 Å².